The fourth-order valence-corrected chi connectivity index (χ4v) is 3.70. The van der Waals surface area contributed by atoms with Gasteiger partial charge in [-0.1, -0.05) is 63.9 Å². The predicted molar refractivity (Wildman–Crippen MR) is 154 cm³/mol. The van der Waals surface area contributed by atoms with Crippen LogP contribution in [0.3, 0.4) is 0 Å². The van der Waals surface area contributed by atoms with Gasteiger partial charge in [-0.3, -0.25) is 10.7 Å². The third-order valence-corrected chi connectivity index (χ3v) is 6.58. The molecule has 0 amide bonds. The zero-order valence-corrected chi connectivity index (χ0v) is 23.0. The standard InChI is InChI=1S/C29H42FN3OS/c1-10-14-27(13-4)34-28-16-25(15-26(17-28)22(7)35-20(5)11-2)21(6)32-18-24(12-3)19-33-23(8)29(9,30)31/h11-12,15-17,19,27,32H,3,6-7,10,13-14,18,31H2,1-2,4-5,8-9H3/b20-11-,24-19+,33-23+/t27-,29?/m1/s1. The Morgan fingerprint density at radius 2 is 1.91 bits per heavy atom. The summed E-state index contributed by atoms with van der Waals surface area (Å²) in [5, 5.41) is 3.32. The first kappa shape index (κ1) is 30.5. The molecule has 1 aromatic rings. The molecule has 0 heterocycles. The molecular formula is C29H42FN3OS. The molecule has 1 aromatic carbocycles. The third kappa shape index (κ3) is 10.7. The maximum Gasteiger partial charge on any atom is 0.194 e. The number of benzene rings is 1. The lowest BCUT2D eigenvalue weighted by Gasteiger charge is -2.20. The van der Waals surface area contributed by atoms with Gasteiger partial charge in [0, 0.05) is 28.9 Å². The molecule has 0 spiro atoms. The van der Waals surface area contributed by atoms with E-state index < -0.39 is 5.79 Å². The van der Waals surface area contributed by atoms with E-state index in [1.807, 2.05) is 19.1 Å². The molecule has 0 fully saturated rings. The maximum atomic E-state index is 13.8. The second-order valence-electron chi connectivity index (χ2n) is 8.64. The average Bonchev–Trinajstić information content (AvgIpc) is 2.82. The van der Waals surface area contributed by atoms with Gasteiger partial charge in [-0.05, 0) is 74.8 Å². The Kier molecular flexibility index (Phi) is 12.8. The van der Waals surface area contributed by atoms with Gasteiger partial charge in [0.1, 0.15) is 5.75 Å². The summed E-state index contributed by atoms with van der Waals surface area (Å²) in [4.78, 5) is 6.26. The minimum Gasteiger partial charge on any atom is -0.490 e. The summed E-state index contributed by atoms with van der Waals surface area (Å²) in [6.45, 7) is 24.0. The number of alkyl halides is 1. The zero-order chi connectivity index (χ0) is 26.6. The van der Waals surface area contributed by atoms with Gasteiger partial charge in [-0.15, -0.1) is 0 Å². The number of allylic oxidation sites excluding steroid dienone is 2. The van der Waals surface area contributed by atoms with Crippen molar-refractivity contribution in [2.45, 2.75) is 72.7 Å². The molecule has 2 atom stereocenters. The van der Waals surface area contributed by atoms with E-state index in [0.29, 0.717) is 6.54 Å². The molecule has 0 radical (unpaired) electrons. The summed E-state index contributed by atoms with van der Waals surface area (Å²) < 4.78 is 20.2. The van der Waals surface area contributed by atoms with Crippen molar-refractivity contribution in [3.63, 3.8) is 0 Å². The van der Waals surface area contributed by atoms with E-state index in [-0.39, 0.29) is 11.8 Å². The first-order valence-corrected chi connectivity index (χ1v) is 12.9. The molecule has 0 saturated heterocycles. The van der Waals surface area contributed by atoms with E-state index in [1.165, 1.54) is 11.8 Å². The fourth-order valence-electron chi connectivity index (χ4n) is 2.96. The van der Waals surface area contributed by atoms with Crippen LogP contribution in [0.5, 0.6) is 5.75 Å². The van der Waals surface area contributed by atoms with Crippen LogP contribution >= 0.6 is 11.8 Å². The quantitative estimate of drug-likeness (QED) is 0.146. The summed E-state index contributed by atoms with van der Waals surface area (Å²) in [5.74, 6) is -1.17. The SMILES string of the molecule is C=C/C(=C\N=C(/C)C(C)(N)F)CNC(=C)c1cc(O[C@H](CC)CCC)cc(C(=C)S/C(C)=C\C)c1. The zero-order valence-electron chi connectivity index (χ0n) is 22.2. The number of nitrogens with one attached hydrogen (secondary N) is 1. The molecule has 0 aliphatic carbocycles. The second-order valence-corrected chi connectivity index (χ2v) is 9.98. The highest BCUT2D eigenvalue weighted by Crippen LogP contribution is 2.35. The lowest BCUT2D eigenvalue weighted by Crippen LogP contribution is -2.38. The number of nitrogens with zero attached hydrogens (tertiary/aromatic N) is 1. The number of ether oxygens (including phenoxy) is 1. The highest BCUT2D eigenvalue weighted by molar-refractivity contribution is 8.11. The molecule has 3 N–H and O–H groups in total. The topological polar surface area (TPSA) is 59.6 Å². The molecule has 0 saturated carbocycles. The number of thioether (sulfide) groups is 1. The molecular weight excluding hydrogens is 457 g/mol. The summed E-state index contributed by atoms with van der Waals surface area (Å²) in [5.41, 5.74) is 9.04. The van der Waals surface area contributed by atoms with Gasteiger partial charge in [0.2, 0.25) is 0 Å². The van der Waals surface area contributed by atoms with Crippen LogP contribution < -0.4 is 15.8 Å². The van der Waals surface area contributed by atoms with Crippen molar-refractivity contribution in [2.75, 3.05) is 6.54 Å². The van der Waals surface area contributed by atoms with E-state index >= 15 is 0 Å². The molecule has 0 bridgehead atoms. The Morgan fingerprint density at radius 1 is 1.26 bits per heavy atom. The van der Waals surface area contributed by atoms with Crippen molar-refractivity contribution in [2.24, 2.45) is 10.7 Å². The molecule has 4 nitrogen and oxygen atoms in total. The fraction of sp³-hybridized carbons (Fsp3) is 0.414. The van der Waals surface area contributed by atoms with Gasteiger partial charge in [0.25, 0.3) is 0 Å². The molecule has 1 unspecified atom stereocenters. The Balaban J connectivity index is 3.20. The Labute approximate surface area is 216 Å². The molecule has 0 aliphatic rings. The first-order chi connectivity index (χ1) is 16.4. The van der Waals surface area contributed by atoms with Crippen molar-refractivity contribution in [3.8, 4) is 5.75 Å². The number of aliphatic imine (C=N–C) groups is 1. The van der Waals surface area contributed by atoms with E-state index in [1.54, 1.807) is 31.0 Å². The largest absolute Gasteiger partial charge is 0.490 e. The minimum absolute atomic E-state index is 0.155. The highest BCUT2D eigenvalue weighted by Gasteiger charge is 2.19. The van der Waals surface area contributed by atoms with Gasteiger partial charge in [0.05, 0.1) is 11.8 Å². The normalized spacial score (nSPS) is 15.3. The summed E-state index contributed by atoms with van der Waals surface area (Å²) in [6, 6.07) is 6.10. The van der Waals surface area contributed by atoms with Gasteiger partial charge in [-0.25, -0.2) is 4.39 Å². The minimum atomic E-state index is -1.96. The second kappa shape index (κ2) is 14.7. The highest BCUT2D eigenvalue weighted by atomic mass is 32.2. The predicted octanol–water partition coefficient (Wildman–Crippen LogP) is 8.01. The van der Waals surface area contributed by atoms with Crippen LogP contribution in [-0.4, -0.2) is 24.2 Å². The summed E-state index contributed by atoms with van der Waals surface area (Å²) in [7, 11) is 0. The van der Waals surface area contributed by atoms with E-state index in [4.69, 9.17) is 10.5 Å². The van der Waals surface area contributed by atoms with Crippen LogP contribution in [0.15, 0.2) is 71.8 Å². The van der Waals surface area contributed by atoms with Gasteiger partial charge in [-0.2, -0.15) is 0 Å². The Hall–Kier alpha value is -2.57. The number of nitrogens with two attached hydrogens (primary N) is 1. The lowest BCUT2D eigenvalue weighted by molar-refractivity contribution is 0.185. The molecule has 0 aliphatic heterocycles. The molecule has 0 aromatic heterocycles. The summed E-state index contributed by atoms with van der Waals surface area (Å²) >= 11 is 1.63. The van der Waals surface area contributed by atoms with Crippen LogP contribution in [-0.2, 0) is 0 Å². The number of hydrogen-bond acceptors (Lipinski definition) is 5. The Bertz CT molecular complexity index is 986. The number of hydrogen-bond donors (Lipinski definition) is 2. The average molecular weight is 500 g/mol. The van der Waals surface area contributed by atoms with Gasteiger partial charge >= 0.3 is 0 Å². The van der Waals surface area contributed by atoms with Crippen LogP contribution in [0.4, 0.5) is 4.39 Å². The van der Waals surface area contributed by atoms with Gasteiger partial charge in [0.15, 0.2) is 5.79 Å². The third-order valence-electron chi connectivity index (χ3n) is 5.54. The lowest BCUT2D eigenvalue weighted by atomic mass is 10.1. The maximum absolute atomic E-state index is 13.8. The van der Waals surface area contributed by atoms with Crippen molar-refractivity contribution in [1.82, 2.24) is 5.32 Å². The molecule has 192 valence electrons. The van der Waals surface area contributed by atoms with Crippen molar-refractivity contribution >= 4 is 28.1 Å². The number of rotatable bonds is 15. The smallest absolute Gasteiger partial charge is 0.194 e. The van der Waals surface area contributed by atoms with E-state index in [2.05, 4.69) is 63.0 Å². The van der Waals surface area contributed by atoms with E-state index in [0.717, 1.165) is 52.3 Å². The number of halogens is 1. The van der Waals surface area contributed by atoms with Crippen molar-refractivity contribution < 1.29 is 9.13 Å². The molecule has 35 heavy (non-hydrogen) atoms. The first-order valence-electron chi connectivity index (χ1n) is 12.0. The van der Waals surface area contributed by atoms with Crippen LogP contribution in [0, 0.1) is 0 Å². The van der Waals surface area contributed by atoms with Crippen LogP contribution in [0.2, 0.25) is 0 Å². The van der Waals surface area contributed by atoms with Crippen molar-refractivity contribution in [1.29, 1.82) is 0 Å². The van der Waals surface area contributed by atoms with Crippen molar-refractivity contribution in [3.05, 3.63) is 77.9 Å². The monoisotopic (exact) mass is 499 g/mol. The van der Waals surface area contributed by atoms with Crippen LogP contribution in [0.25, 0.3) is 10.6 Å². The van der Waals surface area contributed by atoms with Gasteiger partial charge < -0.3 is 10.1 Å². The molecule has 6 heteroatoms. The molecule has 1 rings (SSSR count). The van der Waals surface area contributed by atoms with Crippen LogP contribution in [0.1, 0.15) is 71.9 Å². The van der Waals surface area contributed by atoms with E-state index in [9.17, 15) is 4.39 Å². The summed E-state index contributed by atoms with van der Waals surface area (Å²) in [6.07, 6.45) is 8.45. The Morgan fingerprint density at radius 3 is 2.46 bits per heavy atom.